The van der Waals surface area contributed by atoms with Gasteiger partial charge in [0.1, 0.15) is 11.1 Å². The molecule has 0 radical (unpaired) electrons. The minimum Gasteiger partial charge on any atom is -0.315 e. The molecule has 3 rings (SSSR count). The summed E-state index contributed by atoms with van der Waals surface area (Å²) in [5.41, 5.74) is 1.66. The lowest BCUT2D eigenvalue weighted by molar-refractivity contribution is -0.118. The van der Waals surface area contributed by atoms with Crippen LogP contribution in [0.3, 0.4) is 0 Å². The van der Waals surface area contributed by atoms with E-state index in [1.807, 2.05) is 29.6 Å². The largest absolute Gasteiger partial charge is 0.315 e. The van der Waals surface area contributed by atoms with Crippen molar-refractivity contribution in [2.24, 2.45) is 0 Å². The molecule has 1 aromatic heterocycles. The van der Waals surface area contributed by atoms with Gasteiger partial charge in [-0.05, 0) is 48.9 Å². The molecule has 124 valence electrons. The van der Waals surface area contributed by atoms with Crippen molar-refractivity contribution in [3.05, 3.63) is 51.9 Å². The summed E-state index contributed by atoms with van der Waals surface area (Å²) in [4.78, 5) is 14.7. The molecule has 1 atom stereocenters. The number of benzene rings is 1. The molecule has 0 aliphatic heterocycles. The lowest BCUT2D eigenvalue weighted by Gasteiger charge is -2.29. The van der Waals surface area contributed by atoms with Crippen LogP contribution < -0.4 is 5.32 Å². The number of amides is 1. The van der Waals surface area contributed by atoms with Crippen molar-refractivity contribution in [1.29, 1.82) is 5.26 Å². The van der Waals surface area contributed by atoms with Gasteiger partial charge in [0.05, 0.1) is 12.1 Å². The highest BCUT2D eigenvalue weighted by atomic mass is 35.5. The van der Waals surface area contributed by atoms with Gasteiger partial charge in [-0.2, -0.15) is 5.26 Å². The zero-order chi connectivity index (χ0) is 17.1. The molecule has 1 N–H and O–H groups in total. The normalized spacial score (nSPS) is 15.1. The molecular weight excluding hydrogens is 342 g/mol. The molecule has 6 heteroatoms. The Bertz CT molecular complexity index is 761. The highest BCUT2D eigenvalue weighted by Crippen LogP contribution is 2.34. The van der Waals surface area contributed by atoms with Gasteiger partial charge in [-0.3, -0.25) is 9.69 Å². The number of rotatable bonds is 6. The molecule has 1 unspecified atom stereocenters. The van der Waals surface area contributed by atoms with E-state index in [9.17, 15) is 4.79 Å². The van der Waals surface area contributed by atoms with E-state index < -0.39 is 0 Å². The lowest BCUT2D eigenvalue weighted by atomic mass is 10.1. The molecule has 0 bridgehead atoms. The fourth-order valence-electron chi connectivity index (χ4n) is 2.75. The van der Waals surface area contributed by atoms with Crippen molar-refractivity contribution in [3.8, 4) is 6.07 Å². The van der Waals surface area contributed by atoms with Crippen molar-refractivity contribution in [3.63, 3.8) is 0 Å². The maximum absolute atomic E-state index is 12.4. The van der Waals surface area contributed by atoms with Crippen molar-refractivity contribution >= 4 is 33.8 Å². The molecule has 4 nitrogen and oxygen atoms in total. The zero-order valence-corrected chi connectivity index (χ0v) is 14.9. The summed E-state index contributed by atoms with van der Waals surface area (Å²) >= 11 is 7.33. The predicted octanol–water partition coefficient (Wildman–Crippen LogP) is 4.44. The monoisotopic (exact) mass is 359 g/mol. The summed E-state index contributed by atoms with van der Waals surface area (Å²) in [6.45, 7) is 2.43. The molecule has 2 aromatic rings. The first-order valence-corrected chi connectivity index (χ1v) is 9.13. The fourth-order valence-corrected chi connectivity index (χ4v) is 3.63. The van der Waals surface area contributed by atoms with Gasteiger partial charge >= 0.3 is 0 Å². The maximum Gasteiger partial charge on any atom is 0.239 e. The first-order valence-electron chi connectivity index (χ1n) is 7.87. The molecule has 24 heavy (non-hydrogen) atoms. The van der Waals surface area contributed by atoms with E-state index in [1.165, 1.54) is 11.3 Å². The second kappa shape index (κ2) is 7.35. The van der Waals surface area contributed by atoms with Crippen LogP contribution in [-0.4, -0.2) is 23.4 Å². The average molecular weight is 360 g/mol. The number of nitrogens with zero attached hydrogens (tertiary/aromatic N) is 2. The Morgan fingerprint density at radius 3 is 2.75 bits per heavy atom. The maximum atomic E-state index is 12.4. The second-order valence-corrected chi connectivity index (χ2v) is 7.31. The van der Waals surface area contributed by atoms with Crippen molar-refractivity contribution < 1.29 is 4.79 Å². The summed E-state index contributed by atoms with van der Waals surface area (Å²) in [5, 5.41) is 15.1. The zero-order valence-electron chi connectivity index (χ0n) is 13.3. The Hall–Kier alpha value is -1.87. The van der Waals surface area contributed by atoms with Crippen molar-refractivity contribution in [1.82, 2.24) is 4.90 Å². The second-order valence-electron chi connectivity index (χ2n) is 5.95. The Morgan fingerprint density at radius 1 is 1.42 bits per heavy atom. The number of halogens is 1. The third-order valence-corrected chi connectivity index (χ3v) is 5.31. The van der Waals surface area contributed by atoms with Crippen LogP contribution in [0.25, 0.3) is 0 Å². The van der Waals surface area contributed by atoms with Crippen LogP contribution in [0.15, 0.2) is 35.7 Å². The molecule has 1 aliphatic carbocycles. The summed E-state index contributed by atoms with van der Waals surface area (Å²) in [5.74, 6) is -0.0818. The molecule has 0 spiro atoms. The van der Waals surface area contributed by atoms with Gasteiger partial charge in [0.25, 0.3) is 0 Å². The minimum absolute atomic E-state index is 0.0818. The van der Waals surface area contributed by atoms with Gasteiger partial charge < -0.3 is 5.32 Å². The molecule has 0 saturated heterocycles. The molecule has 1 aliphatic rings. The number of nitrogens with one attached hydrogen (secondary N) is 1. The highest BCUT2D eigenvalue weighted by Gasteiger charge is 2.34. The number of hydrogen-bond donors (Lipinski definition) is 1. The van der Waals surface area contributed by atoms with E-state index in [0.29, 0.717) is 28.2 Å². The van der Waals surface area contributed by atoms with Crippen LogP contribution in [0.5, 0.6) is 0 Å². The smallest absolute Gasteiger partial charge is 0.239 e. The Balaban J connectivity index is 1.69. The Labute approximate surface area is 150 Å². The quantitative estimate of drug-likeness (QED) is 0.829. The van der Waals surface area contributed by atoms with Gasteiger partial charge in [0, 0.05) is 17.1 Å². The van der Waals surface area contributed by atoms with Crippen LogP contribution in [0.4, 0.5) is 5.00 Å². The van der Waals surface area contributed by atoms with Crippen molar-refractivity contribution in [2.45, 2.75) is 31.8 Å². The third kappa shape index (κ3) is 3.96. The number of thiophene rings is 1. The number of carbonyl (C=O) groups is 1. The first kappa shape index (κ1) is 17.0. The molecule has 1 heterocycles. The molecule has 1 fully saturated rings. The van der Waals surface area contributed by atoms with Gasteiger partial charge in [-0.15, -0.1) is 11.3 Å². The van der Waals surface area contributed by atoms with E-state index in [0.717, 1.165) is 18.4 Å². The van der Waals surface area contributed by atoms with E-state index in [2.05, 4.69) is 23.2 Å². The molecular formula is C18H18ClN3OS. The van der Waals surface area contributed by atoms with E-state index in [4.69, 9.17) is 16.9 Å². The first-order chi connectivity index (χ1) is 11.6. The average Bonchev–Trinajstić information content (AvgIpc) is 3.32. The number of anilines is 1. The van der Waals surface area contributed by atoms with Gasteiger partial charge in [0.15, 0.2) is 0 Å². The van der Waals surface area contributed by atoms with Gasteiger partial charge in [-0.1, -0.05) is 23.7 Å². The standard InChI is InChI=1S/C18H18ClN3OS/c1-12(13-2-4-15(19)5-3-13)22(16-6-7-16)11-17(23)21-18-14(10-20)8-9-24-18/h2-5,8-9,12,16H,6-7,11H2,1H3,(H,21,23). The van der Waals surface area contributed by atoms with E-state index >= 15 is 0 Å². The molecule has 1 saturated carbocycles. The summed E-state index contributed by atoms with van der Waals surface area (Å²) in [6, 6.07) is 12.2. The molecule has 1 amide bonds. The highest BCUT2D eigenvalue weighted by molar-refractivity contribution is 7.14. The Morgan fingerprint density at radius 2 is 2.12 bits per heavy atom. The van der Waals surface area contributed by atoms with Crippen molar-refractivity contribution in [2.75, 3.05) is 11.9 Å². The Kier molecular flexibility index (Phi) is 5.20. The number of nitriles is 1. The lowest BCUT2D eigenvalue weighted by Crippen LogP contribution is -2.36. The van der Waals surface area contributed by atoms with Crippen LogP contribution in [-0.2, 0) is 4.79 Å². The van der Waals surface area contributed by atoms with Crippen LogP contribution in [0.2, 0.25) is 5.02 Å². The summed E-state index contributed by atoms with van der Waals surface area (Å²) in [6.07, 6.45) is 2.24. The predicted molar refractivity (Wildman–Crippen MR) is 97.3 cm³/mol. The van der Waals surface area contributed by atoms with E-state index in [-0.39, 0.29) is 11.9 Å². The number of carbonyl (C=O) groups excluding carboxylic acids is 1. The summed E-state index contributed by atoms with van der Waals surface area (Å²) in [7, 11) is 0. The van der Waals surface area contributed by atoms with Crippen LogP contribution in [0.1, 0.15) is 36.9 Å². The van der Waals surface area contributed by atoms with E-state index in [1.54, 1.807) is 6.07 Å². The summed E-state index contributed by atoms with van der Waals surface area (Å²) < 4.78 is 0. The van der Waals surface area contributed by atoms with Crippen LogP contribution in [0, 0.1) is 11.3 Å². The van der Waals surface area contributed by atoms with Gasteiger partial charge in [0.2, 0.25) is 5.91 Å². The third-order valence-electron chi connectivity index (χ3n) is 4.23. The fraction of sp³-hybridized carbons (Fsp3) is 0.333. The topological polar surface area (TPSA) is 56.1 Å². The van der Waals surface area contributed by atoms with Gasteiger partial charge in [-0.25, -0.2) is 0 Å². The SMILES string of the molecule is CC(c1ccc(Cl)cc1)N(CC(=O)Nc1sccc1C#N)C1CC1. The minimum atomic E-state index is -0.0818. The molecule has 1 aromatic carbocycles. The van der Waals surface area contributed by atoms with Crippen LogP contribution >= 0.6 is 22.9 Å². The number of hydrogen-bond acceptors (Lipinski definition) is 4.